The molecule has 0 saturated heterocycles. The lowest BCUT2D eigenvalue weighted by Crippen LogP contribution is -2.36. The van der Waals surface area contributed by atoms with Crippen LogP contribution in [0.2, 0.25) is 0 Å². The van der Waals surface area contributed by atoms with Crippen LogP contribution in [0.15, 0.2) is 24.3 Å². The standard InChI is InChI=1S/C13H19NO3/c1-4-11(14-9(2)13(15)16)10-7-5-6-8-12(10)17-3/h5-9,11,14H,4H2,1-3H3,(H,15,16). The van der Waals surface area contributed by atoms with Gasteiger partial charge < -0.3 is 9.84 Å². The van der Waals surface area contributed by atoms with E-state index in [2.05, 4.69) is 5.32 Å². The number of nitrogens with one attached hydrogen (secondary N) is 1. The molecule has 2 N–H and O–H groups in total. The van der Waals surface area contributed by atoms with Gasteiger partial charge in [0.25, 0.3) is 0 Å². The Labute approximate surface area is 102 Å². The average Bonchev–Trinajstić information content (AvgIpc) is 2.35. The molecule has 1 rings (SSSR count). The molecule has 0 aliphatic rings. The van der Waals surface area contributed by atoms with Crippen molar-refractivity contribution in [2.75, 3.05) is 7.11 Å². The molecule has 0 radical (unpaired) electrons. The second-order valence-electron chi connectivity index (χ2n) is 3.93. The monoisotopic (exact) mass is 237 g/mol. The zero-order valence-corrected chi connectivity index (χ0v) is 10.4. The Hall–Kier alpha value is -1.55. The number of aliphatic carboxylic acids is 1. The van der Waals surface area contributed by atoms with Crippen LogP contribution in [0.1, 0.15) is 31.9 Å². The Kier molecular flexibility index (Phi) is 4.97. The molecular formula is C13H19NO3. The highest BCUT2D eigenvalue weighted by Gasteiger charge is 2.19. The molecule has 0 aliphatic carbocycles. The highest BCUT2D eigenvalue weighted by Crippen LogP contribution is 2.27. The van der Waals surface area contributed by atoms with E-state index < -0.39 is 12.0 Å². The number of rotatable bonds is 6. The van der Waals surface area contributed by atoms with Gasteiger partial charge in [-0.3, -0.25) is 10.1 Å². The third kappa shape index (κ3) is 3.46. The minimum Gasteiger partial charge on any atom is -0.496 e. The number of ether oxygens (including phenoxy) is 1. The molecule has 1 aromatic carbocycles. The van der Waals surface area contributed by atoms with Gasteiger partial charge in [0.15, 0.2) is 0 Å². The zero-order chi connectivity index (χ0) is 12.8. The van der Waals surface area contributed by atoms with E-state index in [1.165, 1.54) is 0 Å². The van der Waals surface area contributed by atoms with E-state index in [1.807, 2.05) is 31.2 Å². The molecule has 2 unspecified atom stereocenters. The molecule has 2 atom stereocenters. The van der Waals surface area contributed by atoms with Crippen molar-refractivity contribution in [2.45, 2.75) is 32.4 Å². The zero-order valence-electron chi connectivity index (χ0n) is 10.4. The highest BCUT2D eigenvalue weighted by atomic mass is 16.5. The first-order valence-corrected chi connectivity index (χ1v) is 5.71. The Bertz CT molecular complexity index is 379. The number of benzene rings is 1. The molecule has 0 amide bonds. The van der Waals surface area contributed by atoms with E-state index in [-0.39, 0.29) is 6.04 Å². The molecule has 0 bridgehead atoms. The maximum atomic E-state index is 10.8. The van der Waals surface area contributed by atoms with Gasteiger partial charge in [0.1, 0.15) is 11.8 Å². The van der Waals surface area contributed by atoms with Crippen LogP contribution in [0.25, 0.3) is 0 Å². The van der Waals surface area contributed by atoms with Crippen molar-refractivity contribution in [1.29, 1.82) is 0 Å². The van der Waals surface area contributed by atoms with Crippen molar-refractivity contribution < 1.29 is 14.6 Å². The van der Waals surface area contributed by atoms with Crippen molar-refractivity contribution in [1.82, 2.24) is 5.32 Å². The molecular weight excluding hydrogens is 218 g/mol. The summed E-state index contributed by atoms with van der Waals surface area (Å²) >= 11 is 0. The third-order valence-corrected chi connectivity index (χ3v) is 2.74. The highest BCUT2D eigenvalue weighted by molar-refractivity contribution is 5.72. The van der Waals surface area contributed by atoms with Crippen LogP contribution < -0.4 is 10.1 Å². The van der Waals surface area contributed by atoms with Crippen LogP contribution in [0.4, 0.5) is 0 Å². The summed E-state index contributed by atoms with van der Waals surface area (Å²) in [4.78, 5) is 10.8. The molecule has 94 valence electrons. The molecule has 0 spiro atoms. The first kappa shape index (κ1) is 13.5. The van der Waals surface area contributed by atoms with Gasteiger partial charge in [0.05, 0.1) is 7.11 Å². The molecule has 0 aromatic heterocycles. The van der Waals surface area contributed by atoms with Crippen LogP contribution in [-0.2, 0) is 4.79 Å². The van der Waals surface area contributed by atoms with Gasteiger partial charge in [-0.15, -0.1) is 0 Å². The number of methoxy groups -OCH3 is 1. The summed E-state index contributed by atoms with van der Waals surface area (Å²) in [5.41, 5.74) is 0.991. The summed E-state index contributed by atoms with van der Waals surface area (Å²) in [6, 6.07) is 7.06. The normalized spacial score (nSPS) is 14.1. The SMILES string of the molecule is CCC(NC(C)C(=O)O)c1ccccc1OC. The molecule has 0 fully saturated rings. The number of carbonyl (C=O) groups is 1. The van der Waals surface area contributed by atoms with Crippen molar-refractivity contribution in [3.63, 3.8) is 0 Å². The largest absolute Gasteiger partial charge is 0.496 e. The topological polar surface area (TPSA) is 58.6 Å². The van der Waals surface area contributed by atoms with Gasteiger partial charge in [-0.25, -0.2) is 0 Å². The summed E-state index contributed by atoms with van der Waals surface area (Å²) in [7, 11) is 1.62. The van der Waals surface area contributed by atoms with Gasteiger partial charge in [-0.05, 0) is 19.4 Å². The van der Waals surface area contributed by atoms with Crippen molar-refractivity contribution >= 4 is 5.97 Å². The Balaban J connectivity index is 2.89. The maximum absolute atomic E-state index is 10.8. The van der Waals surface area contributed by atoms with Crippen LogP contribution >= 0.6 is 0 Å². The number of carboxylic acid groups (broad SMARTS) is 1. The minimum atomic E-state index is -0.849. The van der Waals surface area contributed by atoms with Gasteiger partial charge in [0.2, 0.25) is 0 Å². The lowest BCUT2D eigenvalue weighted by atomic mass is 10.0. The fourth-order valence-electron chi connectivity index (χ4n) is 1.75. The van der Waals surface area contributed by atoms with Crippen molar-refractivity contribution in [2.24, 2.45) is 0 Å². The molecule has 1 aromatic rings. The fraction of sp³-hybridized carbons (Fsp3) is 0.462. The van der Waals surface area contributed by atoms with Gasteiger partial charge in [-0.1, -0.05) is 25.1 Å². The summed E-state index contributed by atoms with van der Waals surface area (Å²) in [5.74, 6) is -0.0669. The molecule has 4 nitrogen and oxygen atoms in total. The third-order valence-electron chi connectivity index (χ3n) is 2.74. The second kappa shape index (κ2) is 6.25. The van der Waals surface area contributed by atoms with E-state index >= 15 is 0 Å². The number of carboxylic acids is 1. The summed E-state index contributed by atoms with van der Waals surface area (Å²) < 4.78 is 5.28. The minimum absolute atomic E-state index is 0.0164. The first-order chi connectivity index (χ1) is 8.10. The average molecular weight is 237 g/mol. The van der Waals surface area contributed by atoms with E-state index in [1.54, 1.807) is 14.0 Å². The van der Waals surface area contributed by atoms with E-state index in [0.717, 1.165) is 17.7 Å². The predicted octanol–water partition coefficient (Wildman–Crippen LogP) is 2.21. The molecule has 4 heteroatoms. The van der Waals surface area contributed by atoms with E-state index in [0.29, 0.717) is 0 Å². The molecule has 0 saturated carbocycles. The quantitative estimate of drug-likeness (QED) is 0.796. The Morgan fingerprint density at radius 1 is 1.47 bits per heavy atom. The number of hydrogen-bond donors (Lipinski definition) is 2. The van der Waals surface area contributed by atoms with Crippen molar-refractivity contribution in [3.05, 3.63) is 29.8 Å². The lowest BCUT2D eigenvalue weighted by molar-refractivity contribution is -0.139. The number of hydrogen-bond acceptors (Lipinski definition) is 3. The Morgan fingerprint density at radius 3 is 2.65 bits per heavy atom. The Morgan fingerprint density at radius 2 is 2.12 bits per heavy atom. The first-order valence-electron chi connectivity index (χ1n) is 5.71. The van der Waals surface area contributed by atoms with Gasteiger partial charge in [-0.2, -0.15) is 0 Å². The maximum Gasteiger partial charge on any atom is 0.320 e. The van der Waals surface area contributed by atoms with Gasteiger partial charge >= 0.3 is 5.97 Å². The lowest BCUT2D eigenvalue weighted by Gasteiger charge is -2.22. The van der Waals surface area contributed by atoms with Crippen LogP contribution in [0, 0.1) is 0 Å². The molecule has 0 aliphatic heterocycles. The predicted molar refractivity (Wildman–Crippen MR) is 66.3 cm³/mol. The fourth-order valence-corrected chi connectivity index (χ4v) is 1.75. The summed E-state index contributed by atoms with van der Waals surface area (Å²) in [5, 5.41) is 12.0. The smallest absolute Gasteiger partial charge is 0.320 e. The van der Waals surface area contributed by atoms with Crippen LogP contribution in [-0.4, -0.2) is 24.2 Å². The van der Waals surface area contributed by atoms with Crippen LogP contribution in [0.3, 0.4) is 0 Å². The second-order valence-corrected chi connectivity index (χ2v) is 3.93. The van der Waals surface area contributed by atoms with Gasteiger partial charge in [0, 0.05) is 11.6 Å². The summed E-state index contributed by atoms with van der Waals surface area (Å²) in [6.45, 7) is 3.65. The number of para-hydroxylation sites is 1. The molecule has 17 heavy (non-hydrogen) atoms. The van der Waals surface area contributed by atoms with Crippen molar-refractivity contribution in [3.8, 4) is 5.75 Å². The van der Waals surface area contributed by atoms with Crippen LogP contribution in [0.5, 0.6) is 5.75 Å². The van der Waals surface area contributed by atoms with E-state index in [9.17, 15) is 4.79 Å². The summed E-state index contributed by atoms with van der Waals surface area (Å²) in [6.07, 6.45) is 0.804. The molecule has 0 heterocycles. The van der Waals surface area contributed by atoms with E-state index in [4.69, 9.17) is 9.84 Å².